The van der Waals surface area contributed by atoms with Crippen LogP contribution in [0.3, 0.4) is 0 Å². The van der Waals surface area contributed by atoms with Gasteiger partial charge in [-0.05, 0) is 37.0 Å². The first kappa shape index (κ1) is 13.9. The predicted molar refractivity (Wildman–Crippen MR) is 81.4 cm³/mol. The number of aryl methyl sites for hydroxylation is 1. The zero-order valence-corrected chi connectivity index (χ0v) is 12.4. The smallest absolute Gasteiger partial charge is 0.235 e. The molecule has 2 amide bonds. The monoisotopic (exact) mass is 284 g/mol. The Morgan fingerprint density at radius 1 is 1.29 bits per heavy atom. The molecule has 0 saturated carbocycles. The minimum atomic E-state index is -0.179. The van der Waals surface area contributed by atoms with Crippen molar-refractivity contribution in [2.75, 3.05) is 12.0 Å². The zero-order chi connectivity index (χ0) is 15.0. The van der Waals surface area contributed by atoms with Crippen LogP contribution in [0.2, 0.25) is 0 Å². The number of allylic oxidation sites excluding steroid dienone is 2. The second-order valence-electron chi connectivity index (χ2n) is 5.96. The number of carbonyl (C=O) groups is 2. The molecule has 1 N–H and O–H groups in total. The molecule has 0 unspecified atom stereocenters. The molecule has 1 heterocycles. The van der Waals surface area contributed by atoms with Crippen LogP contribution >= 0.6 is 0 Å². The molecule has 1 aliphatic carbocycles. The second-order valence-corrected chi connectivity index (χ2v) is 5.96. The highest BCUT2D eigenvalue weighted by Crippen LogP contribution is 2.38. The molecule has 0 spiro atoms. The van der Waals surface area contributed by atoms with E-state index in [1.165, 1.54) is 4.90 Å². The Morgan fingerprint density at radius 2 is 2.10 bits per heavy atom. The second kappa shape index (κ2) is 5.35. The lowest BCUT2D eigenvalue weighted by Crippen LogP contribution is -2.36. The van der Waals surface area contributed by atoms with E-state index in [0.29, 0.717) is 6.42 Å². The first-order valence-corrected chi connectivity index (χ1v) is 7.40. The fourth-order valence-corrected chi connectivity index (χ4v) is 3.29. The van der Waals surface area contributed by atoms with Crippen LogP contribution in [0, 0.1) is 24.7 Å². The van der Waals surface area contributed by atoms with Crippen LogP contribution in [0.25, 0.3) is 0 Å². The van der Waals surface area contributed by atoms with Gasteiger partial charge in [0.1, 0.15) is 0 Å². The largest absolute Gasteiger partial charge is 0.367 e. The van der Waals surface area contributed by atoms with Crippen molar-refractivity contribution in [1.29, 1.82) is 0 Å². The number of hydrogen-bond donors (Lipinski definition) is 1. The summed E-state index contributed by atoms with van der Waals surface area (Å²) in [6.07, 6.45) is 4.75. The number of fused-ring (bicyclic) bond motifs is 1. The van der Waals surface area contributed by atoms with Crippen molar-refractivity contribution >= 4 is 17.5 Å². The molecule has 1 saturated heterocycles. The summed E-state index contributed by atoms with van der Waals surface area (Å²) in [5, 5.41) is 3.18. The molecular formula is C17H20N2O2. The topological polar surface area (TPSA) is 49.4 Å². The van der Waals surface area contributed by atoms with Gasteiger partial charge in [0, 0.05) is 5.69 Å². The van der Waals surface area contributed by atoms with Gasteiger partial charge >= 0.3 is 0 Å². The van der Waals surface area contributed by atoms with Gasteiger partial charge in [-0.1, -0.05) is 31.2 Å². The standard InChI is InChI=1S/C17H20N2O2/c1-11-5-3-7-13(9-11)18-10-19-16(20)14-8-4-6-12(2)15(14)17(19)21/h3-7,9,12,14-15,18H,8,10H2,1-2H3/t12-,14-,15-/m0/s1. The summed E-state index contributed by atoms with van der Waals surface area (Å²) in [6.45, 7) is 4.27. The van der Waals surface area contributed by atoms with Crippen LogP contribution in [0.1, 0.15) is 18.9 Å². The number of benzene rings is 1. The number of hydrogen-bond acceptors (Lipinski definition) is 3. The van der Waals surface area contributed by atoms with E-state index in [0.717, 1.165) is 11.3 Å². The minimum absolute atomic E-state index is 0.0398. The number of anilines is 1. The van der Waals surface area contributed by atoms with Crippen LogP contribution in [0.4, 0.5) is 5.69 Å². The molecule has 2 aliphatic rings. The Balaban J connectivity index is 1.72. The maximum atomic E-state index is 12.5. The number of rotatable bonds is 3. The number of imide groups is 1. The lowest BCUT2D eigenvalue weighted by molar-refractivity contribution is -0.139. The van der Waals surface area contributed by atoms with E-state index in [4.69, 9.17) is 0 Å². The normalized spacial score (nSPS) is 27.9. The van der Waals surface area contributed by atoms with Crippen molar-refractivity contribution in [2.24, 2.45) is 17.8 Å². The van der Waals surface area contributed by atoms with Crippen molar-refractivity contribution < 1.29 is 9.59 Å². The quantitative estimate of drug-likeness (QED) is 0.685. The summed E-state index contributed by atoms with van der Waals surface area (Å²) in [5.74, 6) is -0.286. The van der Waals surface area contributed by atoms with Gasteiger partial charge in [-0.3, -0.25) is 14.5 Å². The van der Waals surface area contributed by atoms with E-state index in [1.54, 1.807) is 0 Å². The maximum Gasteiger partial charge on any atom is 0.235 e. The van der Waals surface area contributed by atoms with E-state index in [-0.39, 0.29) is 36.2 Å². The van der Waals surface area contributed by atoms with Gasteiger partial charge < -0.3 is 5.32 Å². The Labute approximate surface area is 124 Å². The van der Waals surface area contributed by atoms with Crippen molar-refractivity contribution in [3.63, 3.8) is 0 Å². The summed E-state index contributed by atoms with van der Waals surface area (Å²) >= 11 is 0. The molecule has 3 rings (SSSR count). The molecule has 1 aliphatic heterocycles. The van der Waals surface area contributed by atoms with Gasteiger partial charge in [0.25, 0.3) is 0 Å². The van der Waals surface area contributed by atoms with E-state index in [1.807, 2.05) is 50.3 Å². The Hall–Kier alpha value is -2.10. The van der Waals surface area contributed by atoms with E-state index in [2.05, 4.69) is 5.32 Å². The molecule has 0 bridgehead atoms. The predicted octanol–water partition coefficient (Wildman–Crippen LogP) is 2.56. The van der Waals surface area contributed by atoms with Crippen molar-refractivity contribution in [3.8, 4) is 0 Å². The van der Waals surface area contributed by atoms with Crippen LogP contribution < -0.4 is 5.32 Å². The fraction of sp³-hybridized carbons (Fsp3) is 0.412. The molecule has 4 nitrogen and oxygen atoms in total. The SMILES string of the molecule is Cc1cccc(NCN2C(=O)[C@@H]3[C@H](CC=C[C@@H]3C)C2=O)c1. The molecule has 3 atom stereocenters. The third-order valence-electron chi connectivity index (χ3n) is 4.42. The third kappa shape index (κ3) is 2.46. The van der Waals surface area contributed by atoms with Crippen LogP contribution in [-0.4, -0.2) is 23.4 Å². The van der Waals surface area contributed by atoms with Crippen LogP contribution in [-0.2, 0) is 9.59 Å². The van der Waals surface area contributed by atoms with Crippen LogP contribution in [0.5, 0.6) is 0 Å². The van der Waals surface area contributed by atoms with Gasteiger partial charge in [-0.2, -0.15) is 0 Å². The lowest BCUT2D eigenvalue weighted by atomic mass is 9.78. The van der Waals surface area contributed by atoms with Crippen LogP contribution in [0.15, 0.2) is 36.4 Å². The van der Waals surface area contributed by atoms with Crippen molar-refractivity contribution in [1.82, 2.24) is 4.90 Å². The van der Waals surface area contributed by atoms with Gasteiger partial charge in [-0.25, -0.2) is 0 Å². The number of nitrogens with one attached hydrogen (secondary N) is 1. The number of amides is 2. The summed E-state index contributed by atoms with van der Waals surface area (Å²) in [6, 6.07) is 7.91. The van der Waals surface area contributed by atoms with Gasteiger partial charge in [-0.15, -0.1) is 0 Å². The average Bonchev–Trinajstić information content (AvgIpc) is 2.70. The molecule has 110 valence electrons. The average molecular weight is 284 g/mol. The molecule has 1 aromatic rings. The molecule has 1 aromatic carbocycles. The number of carbonyl (C=O) groups excluding carboxylic acids is 2. The number of likely N-dealkylation sites (tertiary alicyclic amines) is 1. The van der Waals surface area contributed by atoms with Crippen molar-refractivity contribution in [3.05, 3.63) is 42.0 Å². The summed E-state index contributed by atoms with van der Waals surface area (Å²) in [4.78, 5) is 26.3. The highest BCUT2D eigenvalue weighted by molar-refractivity contribution is 6.05. The molecule has 0 radical (unpaired) electrons. The summed E-state index contributed by atoms with van der Waals surface area (Å²) in [5.41, 5.74) is 2.07. The van der Waals surface area contributed by atoms with E-state index >= 15 is 0 Å². The first-order valence-electron chi connectivity index (χ1n) is 7.40. The first-order chi connectivity index (χ1) is 10.1. The minimum Gasteiger partial charge on any atom is -0.367 e. The number of nitrogens with zero attached hydrogens (tertiary/aromatic N) is 1. The van der Waals surface area contributed by atoms with Gasteiger partial charge in [0.2, 0.25) is 11.8 Å². The van der Waals surface area contributed by atoms with Crippen molar-refractivity contribution in [2.45, 2.75) is 20.3 Å². The van der Waals surface area contributed by atoms with E-state index in [9.17, 15) is 9.59 Å². The Bertz CT molecular complexity index is 609. The maximum absolute atomic E-state index is 12.5. The van der Waals surface area contributed by atoms with Gasteiger partial charge in [0.15, 0.2) is 0 Å². The fourth-order valence-electron chi connectivity index (χ4n) is 3.29. The van der Waals surface area contributed by atoms with Gasteiger partial charge in [0.05, 0.1) is 18.5 Å². The molecule has 21 heavy (non-hydrogen) atoms. The Morgan fingerprint density at radius 3 is 2.81 bits per heavy atom. The molecular weight excluding hydrogens is 264 g/mol. The third-order valence-corrected chi connectivity index (χ3v) is 4.42. The molecule has 1 fully saturated rings. The lowest BCUT2D eigenvalue weighted by Gasteiger charge is -2.22. The zero-order valence-electron chi connectivity index (χ0n) is 12.4. The van der Waals surface area contributed by atoms with E-state index < -0.39 is 0 Å². The molecule has 4 heteroatoms. The summed E-state index contributed by atoms with van der Waals surface area (Å²) < 4.78 is 0. The highest BCUT2D eigenvalue weighted by atomic mass is 16.2. The highest BCUT2D eigenvalue weighted by Gasteiger charge is 2.49. The molecule has 0 aromatic heterocycles. The summed E-state index contributed by atoms with van der Waals surface area (Å²) in [7, 11) is 0. The Kier molecular flexibility index (Phi) is 3.53.